The van der Waals surface area contributed by atoms with Gasteiger partial charge in [0.05, 0.1) is 22.5 Å². The molecule has 5 nitrogen and oxygen atoms in total. The van der Waals surface area contributed by atoms with E-state index in [1.807, 2.05) is 6.07 Å². The van der Waals surface area contributed by atoms with Gasteiger partial charge in [-0.15, -0.1) is 0 Å². The van der Waals surface area contributed by atoms with E-state index in [2.05, 4.69) is 20.7 Å². The van der Waals surface area contributed by atoms with Gasteiger partial charge in [-0.2, -0.15) is 5.26 Å². The Bertz CT molecular complexity index is 552. The molecule has 0 aliphatic heterocycles. The molecule has 0 fully saturated rings. The van der Waals surface area contributed by atoms with Crippen molar-refractivity contribution in [1.29, 1.82) is 5.26 Å². The second-order valence-corrected chi connectivity index (χ2v) is 6.08. The second-order valence-electron chi connectivity index (χ2n) is 3.46. The maximum atomic E-state index is 11.9. The Hall–Kier alpha value is -1.10. The number of hydrogen-bond donors (Lipinski definition) is 1. The Morgan fingerprint density at radius 3 is 2.78 bits per heavy atom. The molecule has 1 N–H and O–H groups in total. The number of hydrogen-bond acceptors (Lipinski definition) is 4. The lowest BCUT2D eigenvalue weighted by atomic mass is 10.3. The molecule has 0 amide bonds. The highest BCUT2D eigenvalue weighted by Gasteiger charge is 2.14. The van der Waals surface area contributed by atoms with Crippen LogP contribution in [0.1, 0.15) is 12.8 Å². The third-order valence-electron chi connectivity index (χ3n) is 2.19. The zero-order valence-corrected chi connectivity index (χ0v) is 12.2. The lowest BCUT2D eigenvalue weighted by Gasteiger charge is -2.08. The third kappa shape index (κ3) is 3.98. The standard InChI is InChI=1S/C11H13BrN2O3S/c1-17-11-5-4-9(8-10(11)12)18(15,16)14-7-3-2-6-13/h4-5,8,14H,2-3,7H2,1H3. The molecule has 0 atom stereocenters. The first-order valence-electron chi connectivity index (χ1n) is 5.21. The van der Waals surface area contributed by atoms with Crippen molar-refractivity contribution in [3.63, 3.8) is 0 Å². The minimum Gasteiger partial charge on any atom is -0.496 e. The molecule has 0 radical (unpaired) electrons. The highest BCUT2D eigenvalue weighted by molar-refractivity contribution is 9.10. The summed E-state index contributed by atoms with van der Waals surface area (Å²) >= 11 is 3.23. The fourth-order valence-corrected chi connectivity index (χ4v) is 3.06. The van der Waals surface area contributed by atoms with Gasteiger partial charge in [-0.3, -0.25) is 0 Å². The normalized spacial score (nSPS) is 10.9. The molecule has 18 heavy (non-hydrogen) atoms. The van der Waals surface area contributed by atoms with Gasteiger partial charge in [-0.05, 0) is 40.5 Å². The summed E-state index contributed by atoms with van der Waals surface area (Å²) in [5, 5.41) is 8.36. The van der Waals surface area contributed by atoms with Gasteiger partial charge in [0.25, 0.3) is 0 Å². The maximum Gasteiger partial charge on any atom is 0.240 e. The molecule has 0 spiro atoms. The summed E-state index contributed by atoms with van der Waals surface area (Å²) in [5.74, 6) is 0.568. The van der Waals surface area contributed by atoms with Gasteiger partial charge in [0.1, 0.15) is 5.75 Å². The van der Waals surface area contributed by atoms with E-state index in [0.717, 1.165) is 0 Å². The van der Waals surface area contributed by atoms with E-state index in [-0.39, 0.29) is 11.4 Å². The molecule has 1 aromatic rings. The van der Waals surface area contributed by atoms with Crippen molar-refractivity contribution in [2.45, 2.75) is 17.7 Å². The van der Waals surface area contributed by atoms with Gasteiger partial charge in [0.15, 0.2) is 0 Å². The summed E-state index contributed by atoms with van der Waals surface area (Å²) in [5.41, 5.74) is 0. The van der Waals surface area contributed by atoms with Crippen molar-refractivity contribution >= 4 is 26.0 Å². The highest BCUT2D eigenvalue weighted by atomic mass is 79.9. The van der Waals surface area contributed by atoms with E-state index in [4.69, 9.17) is 10.00 Å². The van der Waals surface area contributed by atoms with Crippen molar-refractivity contribution in [2.75, 3.05) is 13.7 Å². The zero-order chi connectivity index (χ0) is 13.6. The molecule has 98 valence electrons. The van der Waals surface area contributed by atoms with Gasteiger partial charge in [0.2, 0.25) is 10.0 Å². The number of ether oxygens (including phenoxy) is 1. The molecular formula is C11H13BrN2O3S. The lowest BCUT2D eigenvalue weighted by molar-refractivity contribution is 0.411. The second kappa shape index (κ2) is 6.73. The number of rotatable bonds is 6. The summed E-state index contributed by atoms with van der Waals surface area (Å²) < 4.78 is 31.8. The van der Waals surface area contributed by atoms with Crippen LogP contribution in [0.5, 0.6) is 5.75 Å². The highest BCUT2D eigenvalue weighted by Crippen LogP contribution is 2.27. The number of unbranched alkanes of at least 4 members (excludes halogenated alkanes) is 1. The number of halogens is 1. The van der Waals surface area contributed by atoms with Crippen molar-refractivity contribution < 1.29 is 13.2 Å². The van der Waals surface area contributed by atoms with Crippen molar-refractivity contribution in [1.82, 2.24) is 4.72 Å². The fourth-order valence-electron chi connectivity index (χ4n) is 1.27. The number of nitrogens with zero attached hydrogens (tertiary/aromatic N) is 1. The topological polar surface area (TPSA) is 79.2 Å². The van der Waals surface area contributed by atoms with Gasteiger partial charge in [-0.25, -0.2) is 13.1 Å². The summed E-state index contributed by atoms with van der Waals surface area (Å²) in [4.78, 5) is 0.159. The Morgan fingerprint density at radius 2 is 2.22 bits per heavy atom. The molecule has 0 heterocycles. The summed E-state index contributed by atoms with van der Waals surface area (Å²) in [7, 11) is -2.02. The summed E-state index contributed by atoms with van der Waals surface area (Å²) in [6, 6.07) is 6.48. The molecule has 1 rings (SSSR count). The molecule has 7 heteroatoms. The predicted molar refractivity (Wildman–Crippen MR) is 70.7 cm³/mol. The Morgan fingerprint density at radius 1 is 1.50 bits per heavy atom. The Kier molecular flexibility index (Phi) is 5.59. The summed E-state index contributed by atoms with van der Waals surface area (Å²) in [6.45, 7) is 0.250. The first-order chi connectivity index (χ1) is 8.51. The van der Waals surface area contributed by atoms with Crippen molar-refractivity contribution in [3.05, 3.63) is 22.7 Å². The van der Waals surface area contributed by atoms with Gasteiger partial charge in [0, 0.05) is 13.0 Å². The van der Waals surface area contributed by atoms with E-state index in [0.29, 0.717) is 23.1 Å². The van der Waals surface area contributed by atoms with Gasteiger partial charge >= 0.3 is 0 Å². The SMILES string of the molecule is COc1ccc(S(=O)(=O)NCCCC#N)cc1Br. The van der Waals surface area contributed by atoms with Crippen LogP contribution in [0, 0.1) is 11.3 Å². The minimum absolute atomic E-state index is 0.159. The van der Waals surface area contributed by atoms with Crippen molar-refractivity contribution in [2.24, 2.45) is 0 Å². The van der Waals surface area contributed by atoms with Crippen LogP contribution in [0.2, 0.25) is 0 Å². The first kappa shape index (κ1) is 15.0. The van der Waals surface area contributed by atoms with Crippen LogP contribution in [0.25, 0.3) is 0 Å². The number of benzene rings is 1. The summed E-state index contributed by atoms with van der Waals surface area (Å²) in [6.07, 6.45) is 0.821. The average molecular weight is 333 g/mol. The van der Waals surface area contributed by atoms with Crippen molar-refractivity contribution in [3.8, 4) is 11.8 Å². The molecule has 0 saturated carbocycles. The Balaban J connectivity index is 2.79. The number of nitrogens with one attached hydrogen (secondary N) is 1. The lowest BCUT2D eigenvalue weighted by Crippen LogP contribution is -2.24. The Labute approximate surface area is 115 Å². The number of methoxy groups -OCH3 is 1. The van der Waals surface area contributed by atoms with E-state index >= 15 is 0 Å². The van der Waals surface area contributed by atoms with Crippen LogP contribution in [-0.2, 0) is 10.0 Å². The van der Waals surface area contributed by atoms with Gasteiger partial charge < -0.3 is 4.74 Å². The molecular weight excluding hydrogens is 320 g/mol. The van der Waals surface area contributed by atoms with E-state index in [9.17, 15) is 8.42 Å². The van der Waals surface area contributed by atoms with Gasteiger partial charge in [-0.1, -0.05) is 0 Å². The van der Waals surface area contributed by atoms with Crippen LogP contribution in [0.15, 0.2) is 27.6 Å². The van der Waals surface area contributed by atoms with E-state index in [1.165, 1.54) is 19.2 Å². The molecule has 0 unspecified atom stereocenters. The molecule has 0 aliphatic carbocycles. The first-order valence-corrected chi connectivity index (χ1v) is 7.49. The molecule has 0 aliphatic rings. The molecule has 1 aromatic carbocycles. The molecule has 0 saturated heterocycles. The molecule has 0 aromatic heterocycles. The quantitative estimate of drug-likeness (QED) is 0.808. The van der Waals surface area contributed by atoms with E-state index in [1.54, 1.807) is 6.07 Å². The fraction of sp³-hybridized carbons (Fsp3) is 0.364. The number of sulfonamides is 1. The maximum absolute atomic E-state index is 11.9. The monoisotopic (exact) mass is 332 g/mol. The number of nitriles is 1. The van der Waals surface area contributed by atoms with Crippen LogP contribution in [-0.4, -0.2) is 22.1 Å². The molecule has 0 bridgehead atoms. The largest absolute Gasteiger partial charge is 0.496 e. The smallest absolute Gasteiger partial charge is 0.240 e. The predicted octanol–water partition coefficient (Wildman–Crippen LogP) is 2.04. The van der Waals surface area contributed by atoms with Crippen LogP contribution in [0.3, 0.4) is 0 Å². The van der Waals surface area contributed by atoms with E-state index < -0.39 is 10.0 Å². The van der Waals surface area contributed by atoms with Crippen LogP contribution >= 0.6 is 15.9 Å². The average Bonchev–Trinajstić information content (AvgIpc) is 2.34. The van der Waals surface area contributed by atoms with Crippen LogP contribution < -0.4 is 9.46 Å². The zero-order valence-electron chi connectivity index (χ0n) is 9.81. The minimum atomic E-state index is -3.53. The van der Waals surface area contributed by atoms with Crippen LogP contribution in [0.4, 0.5) is 0 Å². The third-order valence-corrected chi connectivity index (χ3v) is 4.27.